The summed E-state index contributed by atoms with van der Waals surface area (Å²) in [6.07, 6.45) is 1.76. The molecule has 1 atom stereocenters. The van der Waals surface area contributed by atoms with Crippen LogP contribution in [0.15, 0.2) is 4.99 Å². The topological polar surface area (TPSA) is 78.4 Å². The minimum Gasteiger partial charge on any atom is -0.444 e. The molecule has 2 N–H and O–H groups in total. The quantitative estimate of drug-likeness (QED) is 0.469. The Bertz CT molecular complexity index is 562. The van der Waals surface area contributed by atoms with Gasteiger partial charge in [-0.2, -0.15) is 0 Å². The van der Waals surface area contributed by atoms with Crippen molar-refractivity contribution in [1.82, 2.24) is 20.4 Å². The van der Waals surface area contributed by atoms with Crippen LogP contribution in [0.25, 0.3) is 0 Å². The Balaban J connectivity index is 1.81. The number of amides is 1. The van der Waals surface area contributed by atoms with Crippen LogP contribution in [0.1, 0.15) is 54.4 Å². The maximum Gasteiger partial charge on any atom is 0.410 e. The van der Waals surface area contributed by atoms with E-state index in [0.29, 0.717) is 17.9 Å². The van der Waals surface area contributed by atoms with Gasteiger partial charge in [0.25, 0.3) is 0 Å². The van der Waals surface area contributed by atoms with Crippen LogP contribution in [-0.4, -0.2) is 92.5 Å². The van der Waals surface area contributed by atoms with Gasteiger partial charge in [-0.25, -0.2) is 4.79 Å². The molecule has 0 aliphatic carbocycles. The molecule has 0 radical (unpaired) electrons. The highest BCUT2D eigenvalue weighted by molar-refractivity contribution is 5.79. The average molecular weight is 440 g/mol. The Morgan fingerprint density at radius 2 is 1.77 bits per heavy atom. The summed E-state index contributed by atoms with van der Waals surface area (Å²) in [5.74, 6) is 1.96. The zero-order valence-corrected chi connectivity index (χ0v) is 20.6. The molecule has 8 heteroatoms. The summed E-state index contributed by atoms with van der Waals surface area (Å²) < 4.78 is 11.0. The Hall–Kier alpha value is -1.54. The van der Waals surface area contributed by atoms with Crippen LogP contribution in [0.4, 0.5) is 4.79 Å². The molecule has 0 aromatic carbocycles. The minimum atomic E-state index is -0.443. The zero-order chi connectivity index (χ0) is 22.9. The monoisotopic (exact) mass is 439 g/mol. The predicted molar refractivity (Wildman–Crippen MR) is 126 cm³/mol. The highest BCUT2D eigenvalue weighted by Gasteiger charge is 2.27. The van der Waals surface area contributed by atoms with E-state index in [-0.39, 0.29) is 6.09 Å². The summed E-state index contributed by atoms with van der Waals surface area (Å²) in [6, 6.07) is 0.427. The third-order valence-electron chi connectivity index (χ3n) is 5.89. The van der Waals surface area contributed by atoms with Crippen LogP contribution in [0.5, 0.6) is 0 Å². The van der Waals surface area contributed by atoms with E-state index in [4.69, 9.17) is 14.5 Å². The van der Waals surface area contributed by atoms with Gasteiger partial charge < -0.3 is 25.0 Å². The van der Waals surface area contributed by atoms with E-state index in [2.05, 4.69) is 36.3 Å². The highest BCUT2D eigenvalue weighted by Crippen LogP contribution is 2.19. The van der Waals surface area contributed by atoms with E-state index >= 15 is 0 Å². The molecule has 2 rings (SSSR count). The fraction of sp³-hybridized carbons (Fsp3) is 0.913. The van der Waals surface area contributed by atoms with E-state index < -0.39 is 5.60 Å². The molecule has 31 heavy (non-hydrogen) atoms. The van der Waals surface area contributed by atoms with Crippen LogP contribution in [0.3, 0.4) is 0 Å². The van der Waals surface area contributed by atoms with Crippen molar-refractivity contribution in [3.05, 3.63) is 0 Å². The molecule has 1 amide bonds. The summed E-state index contributed by atoms with van der Waals surface area (Å²) in [7, 11) is 0. The molecule has 0 spiro atoms. The first-order chi connectivity index (χ1) is 14.7. The van der Waals surface area contributed by atoms with Crippen molar-refractivity contribution in [3.8, 4) is 0 Å². The Kier molecular flexibility index (Phi) is 10.4. The Labute approximate surface area is 189 Å². The zero-order valence-electron chi connectivity index (χ0n) is 20.6. The third-order valence-corrected chi connectivity index (χ3v) is 5.89. The molecule has 2 fully saturated rings. The lowest BCUT2D eigenvalue weighted by molar-refractivity contribution is 0.00865. The Morgan fingerprint density at radius 3 is 2.32 bits per heavy atom. The van der Waals surface area contributed by atoms with Gasteiger partial charge in [-0.3, -0.25) is 9.89 Å². The van der Waals surface area contributed by atoms with Gasteiger partial charge in [-0.1, -0.05) is 13.8 Å². The van der Waals surface area contributed by atoms with Crippen LogP contribution >= 0.6 is 0 Å². The number of guanidine groups is 1. The lowest BCUT2D eigenvalue weighted by Gasteiger charge is -2.36. The molecular formula is C23H45N5O3. The number of morpholine rings is 1. The molecule has 0 aromatic rings. The van der Waals surface area contributed by atoms with Gasteiger partial charge in [-0.15, -0.1) is 0 Å². The summed E-state index contributed by atoms with van der Waals surface area (Å²) in [6.45, 7) is 20.0. The molecule has 0 aromatic heterocycles. The first kappa shape index (κ1) is 25.7. The molecule has 2 aliphatic heterocycles. The first-order valence-electron chi connectivity index (χ1n) is 12.0. The number of ether oxygens (including phenoxy) is 2. The maximum absolute atomic E-state index is 12.3. The molecule has 0 saturated carbocycles. The number of carbonyl (C=O) groups is 1. The minimum absolute atomic E-state index is 0.198. The number of aliphatic imine (C=N–C) groups is 1. The maximum atomic E-state index is 12.3. The van der Waals surface area contributed by atoms with Gasteiger partial charge in [0.05, 0.1) is 19.8 Å². The highest BCUT2D eigenvalue weighted by atomic mass is 16.6. The molecule has 1 unspecified atom stereocenters. The van der Waals surface area contributed by atoms with Gasteiger partial charge in [0.1, 0.15) is 5.60 Å². The van der Waals surface area contributed by atoms with E-state index in [1.54, 1.807) is 0 Å². The summed E-state index contributed by atoms with van der Waals surface area (Å²) >= 11 is 0. The molecule has 2 saturated heterocycles. The van der Waals surface area contributed by atoms with Crippen LogP contribution < -0.4 is 10.6 Å². The number of hydrogen-bond acceptors (Lipinski definition) is 5. The fourth-order valence-electron chi connectivity index (χ4n) is 4.07. The van der Waals surface area contributed by atoms with Crippen molar-refractivity contribution in [2.75, 3.05) is 59.0 Å². The molecule has 0 bridgehead atoms. The summed E-state index contributed by atoms with van der Waals surface area (Å²) in [5, 5.41) is 6.91. The lowest BCUT2D eigenvalue weighted by atomic mass is 9.97. The number of nitrogens with zero attached hydrogens (tertiary/aromatic N) is 3. The van der Waals surface area contributed by atoms with Gasteiger partial charge in [0.2, 0.25) is 0 Å². The first-order valence-corrected chi connectivity index (χ1v) is 12.0. The fourth-order valence-corrected chi connectivity index (χ4v) is 4.07. The normalized spacial score (nSPS) is 20.6. The number of likely N-dealkylation sites (tertiary alicyclic amines) is 1. The van der Waals surface area contributed by atoms with Gasteiger partial charge in [0, 0.05) is 45.3 Å². The van der Waals surface area contributed by atoms with Crippen LogP contribution in [0.2, 0.25) is 0 Å². The lowest BCUT2D eigenvalue weighted by Crippen LogP contribution is -2.48. The molecular weight excluding hydrogens is 394 g/mol. The molecule has 180 valence electrons. The van der Waals surface area contributed by atoms with Gasteiger partial charge >= 0.3 is 6.09 Å². The van der Waals surface area contributed by atoms with Crippen molar-refractivity contribution in [2.24, 2.45) is 16.8 Å². The third kappa shape index (κ3) is 9.23. The number of piperidine rings is 1. The number of hydrogen-bond donors (Lipinski definition) is 2. The Morgan fingerprint density at radius 1 is 1.13 bits per heavy atom. The second-order valence-electron chi connectivity index (χ2n) is 9.97. The van der Waals surface area contributed by atoms with Crippen molar-refractivity contribution >= 4 is 12.1 Å². The summed E-state index contributed by atoms with van der Waals surface area (Å²) in [4.78, 5) is 21.5. The van der Waals surface area contributed by atoms with Gasteiger partial charge in [-0.05, 0) is 52.4 Å². The second-order valence-corrected chi connectivity index (χ2v) is 9.97. The molecule has 2 aliphatic rings. The van der Waals surface area contributed by atoms with E-state index in [9.17, 15) is 4.79 Å². The van der Waals surface area contributed by atoms with E-state index in [1.165, 1.54) is 0 Å². The molecule has 8 nitrogen and oxygen atoms in total. The van der Waals surface area contributed by atoms with Crippen molar-refractivity contribution < 1.29 is 14.3 Å². The second kappa shape index (κ2) is 12.5. The van der Waals surface area contributed by atoms with E-state index in [0.717, 1.165) is 77.8 Å². The van der Waals surface area contributed by atoms with Crippen molar-refractivity contribution in [2.45, 2.75) is 66.0 Å². The van der Waals surface area contributed by atoms with Crippen LogP contribution in [0, 0.1) is 11.8 Å². The van der Waals surface area contributed by atoms with Crippen LogP contribution in [-0.2, 0) is 9.47 Å². The summed E-state index contributed by atoms with van der Waals surface area (Å²) in [5.41, 5.74) is -0.443. The van der Waals surface area contributed by atoms with Crippen molar-refractivity contribution in [1.29, 1.82) is 0 Å². The molecule has 2 heterocycles. The number of carbonyl (C=O) groups excluding carboxylic acids is 1. The largest absolute Gasteiger partial charge is 0.444 e. The smallest absolute Gasteiger partial charge is 0.410 e. The van der Waals surface area contributed by atoms with Crippen molar-refractivity contribution in [3.63, 3.8) is 0 Å². The standard InChI is InChI=1S/C23H45N5O3/c1-7-24-21(26-17-20(18(2)3)27-12-14-30-15-13-27)25-16-19-8-10-28(11-9-19)22(29)31-23(4,5)6/h18-20H,7-17H2,1-6H3,(H2,24,25,26). The van der Waals surface area contributed by atoms with E-state index in [1.807, 2.05) is 25.7 Å². The number of nitrogens with one attached hydrogen (secondary N) is 2. The average Bonchev–Trinajstić information content (AvgIpc) is 2.71. The SMILES string of the molecule is CCNC(=NCC(C(C)C)N1CCOCC1)NCC1CCN(C(=O)OC(C)(C)C)CC1. The predicted octanol–water partition coefficient (Wildman–Crippen LogP) is 2.55. The number of rotatable bonds is 7. The van der Waals surface area contributed by atoms with Gasteiger partial charge in [0.15, 0.2) is 5.96 Å².